The maximum absolute atomic E-state index is 2.92. The van der Waals surface area contributed by atoms with Crippen molar-refractivity contribution in [3.63, 3.8) is 0 Å². The fourth-order valence-corrected chi connectivity index (χ4v) is 17.2. The summed E-state index contributed by atoms with van der Waals surface area (Å²) in [6, 6.07) is 24.5. The first-order valence-corrected chi connectivity index (χ1v) is 30.9. The second-order valence-electron chi connectivity index (χ2n) is 32.0. The Balaban J connectivity index is 1.04. The van der Waals surface area contributed by atoms with Crippen molar-refractivity contribution in [2.75, 3.05) is 0 Å². The molecule has 0 saturated heterocycles. The van der Waals surface area contributed by atoms with E-state index >= 15 is 0 Å². The Bertz CT molecular complexity index is 3590. The maximum Gasteiger partial charge on any atom is 0.0167 e. The van der Waals surface area contributed by atoms with Crippen molar-refractivity contribution < 1.29 is 0 Å². The number of fused-ring (bicyclic) bond motifs is 13. The van der Waals surface area contributed by atoms with Crippen molar-refractivity contribution in [3.8, 4) is 0 Å². The van der Waals surface area contributed by atoms with Crippen LogP contribution in [0.5, 0.6) is 0 Å². The largest absolute Gasteiger partial charge is 0.0839 e. The van der Waals surface area contributed by atoms with E-state index in [2.05, 4.69) is 252 Å². The molecule has 0 bridgehead atoms. The molecule has 3 aromatic carbocycles. The second-order valence-corrected chi connectivity index (χ2v) is 32.0. The van der Waals surface area contributed by atoms with Crippen molar-refractivity contribution in [2.24, 2.45) is 46.3 Å². The van der Waals surface area contributed by atoms with Gasteiger partial charge in [0.2, 0.25) is 0 Å². The Morgan fingerprint density at radius 1 is 0.532 bits per heavy atom. The van der Waals surface area contributed by atoms with E-state index in [0.717, 1.165) is 32.1 Å². The lowest BCUT2D eigenvalue weighted by molar-refractivity contribution is 0.362. The molecule has 0 amide bonds. The Kier molecular flexibility index (Phi) is 11.6. The highest BCUT2D eigenvalue weighted by Gasteiger charge is 2.53. The van der Waals surface area contributed by atoms with Gasteiger partial charge in [-0.05, 0) is 194 Å². The molecule has 10 aliphatic rings. The molecule has 3 aromatic rings. The van der Waals surface area contributed by atoms with Gasteiger partial charge in [-0.15, -0.1) is 0 Å². The average Bonchev–Trinajstić information content (AvgIpc) is 4.15. The summed E-state index contributed by atoms with van der Waals surface area (Å²) < 4.78 is 0. The molecule has 0 nitrogen and oxygen atoms in total. The van der Waals surface area contributed by atoms with Crippen LogP contribution in [0.2, 0.25) is 0 Å². The molecule has 0 N–H and O–H groups in total. The van der Waals surface area contributed by atoms with E-state index in [4.69, 9.17) is 0 Å². The van der Waals surface area contributed by atoms with E-state index in [9.17, 15) is 0 Å². The molecule has 13 rings (SSSR count). The van der Waals surface area contributed by atoms with Crippen LogP contribution in [0.15, 0.2) is 189 Å². The molecule has 7 atom stereocenters. The molecule has 0 saturated carbocycles. The highest BCUT2D eigenvalue weighted by Crippen LogP contribution is 2.65. The van der Waals surface area contributed by atoms with Gasteiger partial charge >= 0.3 is 0 Å². The zero-order chi connectivity index (χ0) is 56.1. The van der Waals surface area contributed by atoms with Crippen LogP contribution in [0.25, 0.3) is 11.1 Å². The van der Waals surface area contributed by atoms with Gasteiger partial charge in [-0.1, -0.05) is 263 Å². The zero-order valence-electron chi connectivity index (χ0n) is 51.7. The van der Waals surface area contributed by atoms with E-state index < -0.39 is 0 Å². The fourth-order valence-electron chi connectivity index (χ4n) is 17.2. The first-order valence-electron chi connectivity index (χ1n) is 30.9. The molecular weight excluding hydrogens is 949 g/mol. The Morgan fingerprint density at radius 2 is 1.23 bits per heavy atom. The quantitative estimate of drug-likeness (QED) is 0.245. The van der Waals surface area contributed by atoms with Crippen LogP contribution in [-0.4, -0.2) is 0 Å². The molecule has 10 aliphatic carbocycles. The van der Waals surface area contributed by atoms with E-state index in [1.807, 2.05) is 0 Å². The Morgan fingerprint density at radius 3 is 1.94 bits per heavy atom. The molecule has 0 aliphatic heterocycles. The molecule has 0 fully saturated rings. The summed E-state index contributed by atoms with van der Waals surface area (Å²) in [4.78, 5) is 0. The number of allylic oxidation sites excluding steroid dienone is 24. The first kappa shape index (κ1) is 52.9. The molecular formula is C79H92. The summed E-state index contributed by atoms with van der Waals surface area (Å²) in [5.74, 6) is 2.43. The summed E-state index contributed by atoms with van der Waals surface area (Å²) in [6.45, 7) is 44.3. The summed E-state index contributed by atoms with van der Waals surface area (Å²) in [7, 11) is 0. The lowest BCUT2D eigenvalue weighted by Crippen LogP contribution is -2.36. The number of hydrogen-bond acceptors (Lipinski definition) is 0. The predicted octanol–water partition coefficient (Wildman–Crippen LogP) is 20.9. The van der Waals surface area contributed by atoms with Crippen LogP contribution in [0.4, 0.5) is 0 Å². The third-order valence-corrected chi connectivity index (χ3v) is 22.2. The topological polar surface area (TPSA) is 0 Å². The standard InChI is InChI=1S/C79H92/c1-73(2,3)47-29-33-56-67(39-47)78(15,16)69-41-49(75(7,8)9)37-63(71(56)69)60-44-62-58-35-45(46-28-32-55-54-25-21-22-26-65(54)77(13,14)66(55)36-46)27-31-53(58)61(43-59(62)51-23-19-20-24-52(51)60)64-38-50(76(10,11)12)42-70-72(64)57-34-30-48(74(4,5)6)40-68(57)79(70,17)18/h19-22,24-26,28-30,32-35,37-40,42-44,51,59,62,64,66,69,72H,23,27,31,36,41H2,1-18H3. The average molecular weight is 1040 g/mol. The fraction of sp³-hybridized carbons (Fsp3) is 0.468. The highest BCUT2D eigenvalue weighted by atomic mass is 14.6. The minimum absolute atomic E-state index is 0.00483. The predicted molar refractivity (Wildman–Crippen MR) is 337 cm³/mol. The van der Waals surface area contributed by atoms with Crippen LogP contribution in [0.1, 0.15) is 207 Å². The van der Waals surface area contributed by atoms with E-state index in [1.165, 1.54) is 50.1 Å². The Labute approximate surface area is 477 Å². The van der Waals surface area contributed by atoms with E-state index in [-0.39, 0.29) is 49.7 Å². The minimum Gasteiger partial charge on any atom is -0.0839 e. The maximum atomic E-state index is 2.92. The first-order chi connectivity index (χ1) is 37.0. The minimum atomic E-state index is -0.0765. The third kappa shape index (κ3) is 7.99. The number of rotatable bonds is 3. The lowest BCUT2D eigenvalue weighted by atomic mass is 9.57. The summed E-state index contributed by atoms with van der Waals surface area (Å²) in [6.07, 6.45) is 34.7. The van der Waals surface area contributed by atoms with Crippen molar-refractivity contribution in [3.05, 3.63) is 233 Å². The highest BCUT2D eigenvalue weighted by molar-refractivity contribution is 5.88. The van der Waals surface area contributed by atoms with Crippen molar-refractivity contribution in [1.29, 1.82) is 0 Å². The van der Waals surface area contributed by atoms with Gasteiger partial charge < -0.3 is 0 Å². The molecule has 0 heteroatoms. The van der Waals surface area contributed by atoms with Gasteiger partial charge in [0.15, 0.2) is 0 Å². The zero-order valence-corrected chi connectivity index (χ0v) is 51.7. The molecule has 79 heavy (non-hydrogen) atoms. The molecule has 0 aromatic heterocycles. The smallest absolute Gasteiger partial charge is 0.0167 e. The molecule has 0 heterocycles. The van der Waals surface area contributed by atoms with Gasteiger partial charge in [-0.3, -0.25) is 0 Å². The molecule has 7 unspecified atom stereocenters. The number of hydrogen-bond donors (Lipinski definition) is 0. The number of benzene rings is 3. The summed E-state index contributed by atoms with van der Waals surface area (Å²) in [5.41, 5.74) is 32.7. The van der Waals surface area contributed by atoms with E-state index in [1.54, 1.807) is 66.9 Å². The van der Waals surface area contributed by atoms with Crippen LogP contribution in [-0.2, 0) is 27.1 Å². The van der Waals surface area contributed by atoms with Gasteiger partial charge in [-0.25, -0.2) is 0 Å². The molecule has 408 valence electrons. The van der Waals surface area contributed by atoms with Gasteiger partial charge in [0.05, 0.1) is 0 Å². The van der Waals surface area contributed by atoms with Crippen LogP contribution < -0.4 is 0 Å². The van der Waals surface area contributed by atoms with Crippen LogP contribution in [0.3, 0.4) is 0 Å². The van der Waals surface area contributed by atoms with Crippen molar-refractivity contribution >= 4 is 11.1 Å². The van der Waals surface area contributed by atoms with Gasteiger partial charge in [0.1, 0.15) is 0 Å². The lowest BCUT2D eigenvalue weighted by Gasteiger charge is -2.47. The van der Waals surface area contributed by atoms with Gasteiger partial charge in [0, 0.05) is 23.2 Å². The van der Waals surface area contributed by atoms with Gasteiger partial charge in [-0.2, -0.15) is 0 Å². The Hall–Kier alpha value is -5.46. The van der Waals surface area contributed by atoms with E-state index in [0.29, 0.717) is 29.6 Å². The third-order valence-electron chi connectivity index (χ3n) is 22.2. The monoisotopic (exact) mass is 1040 g/mol. The summed E-state index contributed by atoms with van der Waals surface area (Å²) >= 11 is 0. The second kappa shape index (κ2) is 17.3. The van der Waals surface area contributed by atoms with Crippen LogP contribution >= 0.6 is 0 Å². The normalized spacial score (nSPS) is 28.8. The molecule has 0 spiro atoms. The van der Waals surface area contributed by atoms with Crippen molar-refractivity contribution in [1.82, 2.24) is 0 Å². The van der Waals surface area contributed by atoms with Crippen molar-refractivity contribution in [2.45, 2.75) is 190 Å². The molecule has 0 radical (unpaired) electrons. The summed E-state index contributed by atoms with van der Waals surface area (Å²) in [5, 5.41) is 0. The van der Waals surface area contributed by atoms with Crippen LogP contribution in [0, 0.1) is 46.3 Å². The van der Waals surface area contributed by atoms with Gasteiger partial charge in [0.25, 0.3) is 0 Å². The SMILES string of the molecule is CC(C)(C)C1=CC(C2=CC3C(C=C(C4=C5c6ccc(C(C)(C)C)cc6C(C)(C)C5CC(C(C)(C)C)=C4)C4=CC=CCC43)C3=C2CCC(C2=CC=C4c5ccccc5C(C)(C)C4C2)=C3)C2C(=C1)C(C)(C)c1cc(C(C)(C)C)ccc12.